The molecule has 1 heterocycles. The smallest absolute Gasteiger partial charge is 0.269 e. The van der Waals surface area contributed by atoms with E-state index in [1.807, 2.05) is 38.1 Å². The maximum absolute atomic E-state index is 12.1. The molecule has 0 radical (unpaired) electrons. The first kappa shape index (κ1) is 17.9. The topological polar surface area (TPSA) is 85.1 Å². The van der Waals surface area contributed by atoms with E-state index in [-0.39, 0.29) is 17.3 Å². The second kappa shape index (κ2) is 7.53. The fraction of sp³-hybridized carbons (Fsp3) is 0.158. The maximum atomic E-state index is 12.1. The first-order chi connectivity index (χ1) is 12.4. The van der Waals surface area contributed by atoms with Crippen molar-refractivity contribution in [3.05, 3.63) is 69.8 Å². The molecule has 0 atom stereocenters. The van der Waals surface area contributed by atoms with E-state index in [0.29, 0.717) is 5.69 Å². The number of carbonyl (C=O) groups is 1. The van der Waals surface area contributed by atoms with Crippen molar-refractivity contribution < 1.29 is 9.72 Å². The molecule has 0 saturated carbocycles. The number of hydrogen-bond donors (Lipinski definition) is 1. The molecule has 0 spiro atoms. The van der Waals surface area contributed by atoms with Gasteiger partial charge in [-0.05, 0) is 43.2 Å². The number of benzene rings is 2. The fourth-order valence-corrected chi connectivity index (χ4v) is 3.38. The number of anilines is 1. The summed E-state index contributed by atoms with van der Waals surface area (Å²) >= 11 is 1.36. The number of para-hydroxylation sites is 1. The van der Waals surface area contributed by atoms with Crippen LogP contribution in [0.15, 0.2) is 53.6 Å². The summed E-state index contributed by atoms with van der Waals surface area (Å²) in [5.41, 5.74) is 3.69. The molecular formula is C19H17N3O3S. The van der Waals surface area contributed by atoms with Gasteiger partial charge in [-0.1, -0.05) is 30.0 Å². The minimum atomic E-state index is -0.475. The van der Waals surface area contributed by atoms with Crippen LogP contribution in [0.5, 0.6) is 0 Å². The quantitative estimate of drug-likeness (QED) is 0.408. The van der Waals surface area contributed by atoms with Crippen molar-refractivity contribution in [1.29, 1.82) is 0 Å². The number of aryl methyl sites for hydroxylation is 2. The third-order valence-electron chi connectivity index (χ3n) is 3.94. The van der Waals surface area contributed by atoms with Crippen LogP contribution in [0.1, 0.15) is 11.1 Å². The van der Waals surface area contributed by atoms with Crippen LogP contribution in [0.3, 0.4) is 0 Å². The molecule has 0 unspecified atom stereocenters. The number of aromatic nitrogens is 1. The number of non-ortho nitro benzene ring substituents is 1. The Bertz CT molecular complexity index is 987. The van der Waals surface area contributed by atoms with Crippen molar-refractivity contribution in [3.63, 3.8) is 0 Å². The number of rotatable bonds is 5. The van der Waals surface area contributed by atoms with Crippen molar-refractivity contribution in [2.75, 3.05) is 11.1 Å². The Morgan fingerprint density at radius 1 is 1.15 bits per heavy atom. The first-order valence-electron chi connectivity index (χ1n) is 7.98. The average Bonchev–Trinajstić information content (AvgIpc) is 2.61. The van der Waals surface area contributed by atoms with Crippen LogP contribution in [0.25, 0.3) is 10.9 Å². The van der Waals surface area contributed by atoms with E-state index in [1.54, 1.807) is 0 Å². The lowest BCUT2D eigenvalue weighted by atomic mass is 10.1. The summed E-state index contributed by atoms with van der Waals surface area (Å²) in [7, 11) is 0. The van der Waals surface area contributed by atoms with Crippen molar-refractivity contribution in [3.8, 4) is 0 Å². The highest BCUT2D eigenvalue weighted by Crippen LogP contribution is 2.25. The standard InChI is InChI=1S/C19H17N3O3S/c1-12-4-3-5-16-13(2)10-18(21-19(12)16)26-11-17(23)20-14-6-8-15(9-7-14)22(24)25/h3-10H,11H2,1-2H3,(H,20,23). The van der Waals surface area contributed by atoms with Crippen LogP contribution in [-0.4, -0.2) is 21.6 Å². The molecule has 0 aliphatic heterocycles. The maximum Gasteiger partial charge on any atom is 0.269 e. The molecule has 0 bridgehead atoms. The van der Waals surface area contributed by atoms with E-state index >= 15 is 0 Å². The molecule has 0 fully saturated rings. The summed E-state index contributed by atoms with van der Waals surface area (Å²) in [5.74, 6) is 0.0223. The first-order valence-corrected chi connectivity index (χ1v) is 8.96. The van der Waals surface area contributed by atoms with E-state index in [9.17, 15) is 14.9 Å². The molecule has 3 aromatic rings. The molecule has 1 amide bonds. The van der Waals surface area contributed by atoms with Crippen molar-refractivity contribution in [1.82, 2.24) is 4.98 Å². The van der Waals surface area contributed by atoms with E-state index in [4.69, 9.17) is 0 Å². The van der Waals surface area contributed by atoms with Gasteiger partial charge in [0.2, 0.25) is 5.91 Å². The number of thioether (sulfide) groups is 1. The zero-order valence-electron chi connectivity index (χ0n) is 14.4. The SMILES string of the molecule is Cc1cc(SCC(=O)Nc2ccc([N+](=O)[O-])cc2)nc2c(C)cccc12. The van der Waals surface area contributed by atoms with Gasteiger partial charge in [0, 0.05) is 23.2 Å². The van der Waals surface area contributed by atoms with Crippen LogP contribution < -0.4 is 5.32 Å². The predicted molar refractivity (Wildman–Crippen MR) is 104 cm³/mol. The number of nitro groups is 1. The Hall–Kier alpha value is -2.93. The Kier molecular flexibility index (Phi) is 5.18. The zero-order valence-corrected chi connectivity index (χ0v) is 15.2. The third kappa shape index (κ3) is 4.00. The molecule has 3 rings (SSSR count). The van der Waals surface area contributed by atoms with E-state index < -0.39 is 4.92 Å². The number of fused-ring (bicyclic) bond motifs is 1. The van der Waals surface area contributed by atoms with E-state index in [0.717, 1.165) is 27.1 Å². The second-order valence-corrected chi connectivity index (χ2v) is 6.88. The van der Waals surface area contributed by atoms with Gasteiger partial charge in [-0.3, -0.25) is 14.9 Å². The lowest BCUT2D eigenvalue weighted by Crippen LogP contribution is -2.14. The minimum absolute atomic E-state index is 0.0106. The Morgan fingerprint density at radius 2 is 1.88 bits per heavy atom. The normalized spacial score (nSPS) is 10.7. The van der Waals surface area contributed by atoms with E-state index in [1.165, 1.54) is 36.0 Å². The Labute approximate surface area is 154 Å². The highest BCUT2D eigenvalue weighted by atomic mass is 32.2. The number of carbonyl (C=O) groups excluding carboxylic acids is 1. The lowest BCUT2D eigenvalue weighted by molar-refractivity contribution is -0.384. The molecule has 6 nitrogen and oxygen atoms in total. The number of hydrogen-bond acceptors (Lipinski definition) is 5. The summed E-state index contributed by atoms with van der Waals surface area (Å²) in [6.45, 7) is 4.05. The van der Waals surface area contributed by atoms with Gasteiger partial charge in [0.05, 0.1) is 21.2 Å². The monoisotopic (exact) mass is 367 g/mol. The van der Waals surface area contributed by atoms with Gasteiger partial charge in [0.1, 0.15) is 0 Å². The number of nitrogens with zero attached hydrogens (tertiary/aromatic N) is 2. The van der Waals surface area contributed by atoms with Crippen LogP contribution in [-0.2, 0) is 4.79 Å². The molecule has 0 aliphatic carbocycles. The number of nitrogens with one attached hydrogen (secondary N) is 1. The summed E-state index contributed by atoms with van der Waals surface area (Å²) in [5, 5.41) is 15.3. The predicted octanol–water partition coefficient (Wildman–Crippen LogP) is 4.49. The van der Waals surface area contributed by atoms with Gasteiger partial charge in [-0.2, -0.15) is 0 Å². The minimum Gasteiger partial charge on any atom is -0.325 e. The fourth-order valence-electron chi connectivity index (χ4n) is 2.61. The largest absolute Gasteiger partial charge is 0.325 e. The van der Waals surface area contributed by atoms with Crippen molar-refractivity contribution in [2.45, 2.75) is 18.9 Å². The van der Waals surface area contributed by atoms with Gasteiger partial charge >= 0.3 is 0 Å². The van der Waals surface area contributed by atoms with Gasteiger partial charge in [0.15, 0.2) is 0 Å². The number of pyridine rings is 1. The summed E-state index contributed by atoms with van der Waals surface area (Å²) in [6, 6.07) is 13.8. The van der Waals surface area contributed by atoms with E-state index in [2.05, 4.69) is 10.3 Å². The van der Waals surface area contributed by atoms with Gasteiger partial charge in [0.25, 0.3) is 5.69 Å². The van der Waals surface area contributed by atoms with Gasteiger partial charge < -0.3 is 5.32 Å². The molecule has 0 aliphatic rings. The zero-order chi connectivity index (χ0) is 18.7. The Balaban J connectivity index is 1.67. The highest BCUT2D eigenvalue weighted by molar-refractivity contribution is 7.99. The molecule has 7 heteroatoms. The lowest BCUT2D eigenvalue weighted by Gasteiger charge is -2.08. The molecular weight excluding hydrogens is 350 g/mol. The molecule has 132 valence electrons. The number of nitro benzene ring substituents is 1. The summed E-state index contributed by atoms with van der Waals surface area (Å²) in [6.07, 6.45) is 0. The summed E-state index contributed by atoms with van der Waals surface area (Å²) in [4.78, 5) is 27.0. The van der Waals surface area contributed by atoms with Gasteiger partial charge in [-0.25, -0.2) is 4.98 Å². The summed E-state index contributed by atoms with van der Waals surface area (Å²) < 4.78 is 0. The molecule has 1 aromatic heterocycles. The van der Waals surface area contributed by atoms with Crippen molar-refractivity contribution in [2.24, 2.45) is 0 Å². The average molecular weight is 367 g/mol. The van der Waals surface area contributed by atoms with Crippen molar-refractivity contribution >= 4 is 39.9 Å². The van der Waals surface area contributed by atoms with Crippen LogP contribution >= 0.6 is 11.8 Å². The highest BCUT2D eigenvalue weighted by Gasteiger charge is 2.09. The van der Waals surface area contributed by atoms with Crippen LogP contribution in [0.2, 0.25) is 0 Å². The third-order valence-corrected chi connectivity index (χ3v) is 4.85. The van der Waals surface area contributed by atoms with Crippen LogP contribution in [0.4, 0.5) is 11.4 Å². The van der Waals surface area contributed by atoms with Crippen LogP contribution in [0, 0.1) is 24.0 Å². The molecule has 26 heavy (non-hydrogen) atoms. The molecule has 2 aromatic carbocycles. The van der Waals surface area contributed by atoms with Gasteiger partial charge in [-0.15, -0.1) is 0 Å². The Morgan fingerprint density at radius 3 is 2.58 bits per heavy atom. The second-order valence-electron chi connectivity index (χ2n) is 5.89. The molecule has 1 N–H and O–H groups in total. The number of amides is 1. The molecule has 0 saturated heterocycles.